The monoisotopic (exact) mass is 457 g/mol. The number of carbonyl (C=O) groups is 1. The molecule has 0 amide bonds. The minimum atomic E-state index is -1.19. The molecule has 0 saturated carbocycles. The minimum Gasteiger partial charge on any atom is -0.508 e. The minimum absolute atomic E-state index is 0.174. The fourth-order valence-corrected chi connectivity index (χ4v) is 3.62. The molecule has 3 aromatic carbocycles. The number of nitrogens with one attached hydrogen (secondary N) is 1. The van der Waals surface area contributed by atoms with Crippen LogP contribution in [0.25, 0.3) is 22.4 Å². The van der Waals surface area contributed by atoms with E-state index in [1.165, 1.54) is 12.1 Å². The lowest BCUT2D eigenvalue weighted by Crippen LogP contribution is -2.10. The molecule has 0 unspecified atom stereocenters. The molecular formula is C22H17Cl2N3O4. The normalized spacial score (nSPS) is 10.9. The van der Waals surface area contributed by atoms with E-state index in [1.807, 2.05) is 6.07 Å². The maximum atomic E-state index is 12.0. The van der Waals surface area contributed by atoms with E-state index in [1.54, 1.807) is 43.5 Å². The molecule has 0 aliphatic heterocycles. The van der Waals surface area contributed by atoms with Crippen LogP contribution in [0, 0.1) is 0 Å². The number of rotatable bonds is 5. The van der Waals surface area contributed by atoms with Gasteiger partial charge in [0.1, 0.15) is 11.5 Å². The number of aromatic hydroxyl groups is 1. The first-order chi connectivity index (χ1) is 14.9. The third-order valence-corrected chi connectivity index (χ3v) is 5.46. The highest BCUT2D eigenvalue weighted by Gasteiger charge is 2.20. The van der Waals surface area contributed by atoms with Crippen molar-refractivity contribution in [1.29, 1.82) is 0 Å². The van der Waals surface area contributed by atoms with Crippen molar-refractivity contribution in [3.8, 4) is 22.9 Å². The summed E-state index contributed by atoms with van der Waals surface area (Å²) in [6.45, 7) is 0.425. The third-order valence-electron chi connectivity index (χ3n) is 4.74. The zero-order chi connectivity index (χ0) is 22.1. The average molecular weight is 458 g/mol. The summed E-state index contributed by atoms with van der Waals surface area (Å²) < 4.78 is 6.49. The fourth-order valence-electron chi connectivity index (χ4n) is 3.31. The molecule has 4 aromatic rings. The van der Waals surface area contributed by atoms with Crippen molar-refractivity contribution in [2.24, 2.45) is 0 Å². The number of carboxylic acid groups (broad SMARTS) is 1. The summed E-state index contributed by atoms with van der Waals surface area (Å²) in [7, 11) is 1.55. The number of phenols is 1. The van der Waals surface area contributed by atoms with Gasteiger partial charge in [0.05, 0.1) is 33.9 Å². The fraction of sp³-hybridized carbons (Fsp3) is 0.0909. The lowest BCUT2D eigenvalue weighted by Gasteiger charge is -2.13. The smallest absolute Gasteiger partial charge is 0.417 e. The van der Waals surface area contributed by atoms with Gasteiger partial charge in [0.15, 0.2) is 5.82 Å². The molecule has 0 fully saturated rings. The van der Waals surface area contributed by atoms with Gasteiger partial charge in [0.2, 0.25) is 0 Å². The predicted octanol–water partition coefficient (Wildman–Crippen LogP) is 5.86. The van der Waals surface area contributed by atoms with Crippen molar-refractivity contribution in [3.63, 3.8) is 0 Å². The van der Waals surface area contributed by atoms with Crippen LogP contribution in [0.4, 0.5) is 10.5 Å². The molecule has 0 bridgehead atoms. The van der Waals surface area contributed by atoms with Crippen molar-refractivity contribution < 1.29 is 19.7 Å². The number of hydrogen-bond donors (Lipinski definition) is 3. The van der Waals surface area contributed by atoms with Crippen LogP contribution in [0.2, 0.25) is 10.0 Å². The van der Waals surface area contributed by atoms with Gasteiger partial charge in [0, 0.05) is 12.1 Å². The zero-order valence-corrected chi connectivity index (χ0v) is 17.8. The van der Waals surface area contributed by atoms with Crippen LogP contribution in [0.15, 0.2) is 54.6 Å². The number of hydrogen-bond acceptors (Lipinski definition) is 5. The first-order valence-electron chi connectivity index (χ1n) is 9.18. The van der Waals surface area contributed by atoms with Crippen LogP contribution in [-0.4, -0.2) is 33.0 Å². The van der Waals surface area contributed by atoms with Gasteiger partial charge in [-0.25, -0.2) is 14.3 Å². The van der Waals surface area contributed by atoms with E-state index >= 15 is 0 Å². The Morgan fingerprint density at radius 2 is 1.90 bits per heavy atom. The molecule has 31 heavy (non-hydrogen) atoms. The van der Waals surface area contributed by atoms with Gasteiger partial charge < -0.3 is 20.3 Å². The van der Waals surface area contributed by atoms with E-state index in [4.69, 9.17) is 27.9 Å². The molecule has 0 saturated heterocycles. The maximum absolute atomic E-state index is 12.0. The highest BCUT2D eigenvalue weighted by Crippen LogP contribution is 2.34. The van der Waals surface area contributed by atoms with Gasteiger partial charge in [-0.05, 0) is 48.0 Å². The highest BCUT2D eigenvalue weighted by molar-refractivity contribution is 6.42. The third kappa shape index (κ3) is 4.10. The number of anilines is 1. The summed E-state index contributed by atoms with van der Waals surface area (Å²) in [4.78, 5) is 16.5. The summed E-state index contributed by atoms with van der Waals surface area (Å²) in [5.41, 5.74) is 2.82. The van der Waals surface area contributed by atoms with Crippen molar-refractivity contribution in [1.82, 2.24) is 9.55 Å². The molecule has 1 heterocycles. The van der Waals surface area contributed by atoms with Crippen LogP contribution in [-0.2, 0) is 6.54 Å². The molecule has 9 heteroatoms. The molecule has 0 spiro atoms. The summed E-state index contributed by atoms with van der Waals surface area (Å²) in [5, 5.41) is 23.3. The first-order valence-corrected chi connectivity index (χ1v) is 9.94. The van der Waals surface area contributed by atoms with E-state index in [2.05, 4.69) is 10.3 Å². The largest absolute Gasteiger partial charge is 0.508 e. The Morgan fingerprint density at radius 1 is 1.13 bits per heavy atom. The van der Waals surface area contributed by atoms with Crippen LogP contribution >= 0.6 is 23.2 Å². The number of ether oxygens (including phenoxy) is 1. The summed E-state index contributed by atoms with van der Waals surface area (Å²) in [6.07, 6.45) is -1.19. The Labute approximate surface area is 187 Å². The molecule has 1 aromatic heterocycles. The Hall–Kier alpha value is -3.42. The van der Waals surface area contributed by atoms with Gasteiger partial charge in [-0.1, -0.05) is 35.3 Å². The first kappa shape index (κ1) is 20.8. The molecule has 0 atom stereocenters. The van der Waals surface area contributed by atoms with E-state index in [-0.39, 0.29) is 16.6 Å². The van der Waals surface area contributed by atoms with E-state index in [0.29, 0.717) is 39.6 Å². The Bertz CT molecular complexity index is 1300. The topological polar surface area (TPSA) is 96.6 Å². The SMILES string of the molecule is COc1ccc(-c2nc3cc(Cl)c(Cl)cc3n2C(=O)O)cc1NCc1cccc(O)c1. The number of imidazole rings is 1. The molecule has 0 aliphatic rings. The maximum Gasteiger partial charge on any atom is 0.417 e. The summed E-state index contributed by atoms with van der Waals surface area (Å²) in [5.74, 6) is 0.976. The van der Waals surface area contributed by atoms with Crippen LogP contribution < -0.4 is 10.1 Å². The van der Waals surface area contributed by atoms with E-state index < -0.39 is 6.09 Å². The van der Waals surface area contributed by atoms with Crippen LogP contribution in [0.5, 0.6) is 11.5 Å². The summed E-state index contributed by atoms with van der Waals surface area (Å²) >= 11 is 12.2. The molecule has 4 rings (SSSR count). The van der Waals surface area contributed by atoms with Gasteiger partial charge in [-0.3, -0.25) is 0 Å². The van der Waals surface area contributed by atoms with Gasteiger partial charge in [0.25, 0.3) is 0 Å². The quantitative estimate of drug-likeness (QED) is 0.347. The van der Waals surface area contributed by atoms with E-state index in [0.717, 1.165) is 10.1 Å². The average Bonchev–Trinajstić information content (AvgIpc) is 3.10. The second-order valence-corrected chi connectivity index (χ2v) is 7.56. The molecule has 7 nitrogen and oxygen atoms in total. The van der Waals surface area contributed by atoms with Crippen LogP contribution in [0.3, 0.4) is 0 Å². The Kier molecular flexibility index (Phi) is 5.63. The van der Waals surface area contributed by atoms with Crippen molar-refractivity contribution >= 4 is 46.0 Å². The van der Waals surface area contributed by atoms with Crippen molar-refractivity contribution in [3.05, 3.63) is 70.2 Å². The second kappa shape index (κ2) is 8.37. The van der Waals surface area contributed by atoms with Crippen molar-refractivity contribution in [2.75, 3.05) is 12.4 Å². The Balaban J connectivity index is 1.78. The van der Waals surface area contributed by atoms with E-state index in [9.17, 15) is 15.0 Å². The number of fused-ring (bicyclic) bond motifs is 1. The molecule has 158 valence electrons. The number of aromatic nitrogens is 2. The van der Waals surface area contributed by atoms with Gasteiger partial charge >= 0.3 is 6.09 Å². The standard InChI is InChI=1S/C22H17Cl2N3O4/c1-31-20-6-5-13(8-18(20)25-11-12-3-2-4-14(28)7-12)21-26-17-9-15(23)16(24)10-19(17)27(21)22(29)30/h2-10,25,28H,11H2,1H3,(H,29,30). The van der Waals surface area contributed by atoms with Gasteiger partial charge in [-0.2, -0.15) is 0 Å². The number of phenolic OH excluding ortho intramolecular Hbond substituents is 1. The lowest BCUT2D eigenvalue weighted by atomic mass is 10.1. The van der Waals surface area contributed by atoms with Crippen LogP contribution in [0.1, 0.15) is 5.56 Å². The number of halogens is 2. The zero-order valence-electron chi connectivity index (χ0n) is 16.3. The molecule has 0 radical (unpaired) electrons. The number of nitrogens with zero attached hydrogens (tertiary/aromatic N) is 2. The molecular weight excluding hydrogens is 441 g/mol. The van der Waals surface area contributed by atoms with Gasteiger partial charge in [-0.15, -0.1) is 0 Å². The lowest BCUT2D eigenvalue weighted by molar-refractivity contribution is 0.197. The second-order valence-electron chi connectivity index (χ2n) is 6.75. The summed E-state index contributed by atoms with van der Waals surface area (Å²) in [6, 6.07) is 15.1. The van der Waals surface area contributed by atoms with Crippen molar-refractivity contribution in [2.45, 2.75) is 6.54 Å². The molecule has 0 aliphatic carbocycles. The highest BCUT2D eigenvalue weighted by atomic mass is 35.5. The molecule has 3 N–H and O–H groups in total. The number of methoxy groups -OCH3 is 1. The predicted molar refractivity (Wildman–Crippen MR) is 121 cm³/mol. The number of benzene rings is 3. The Morgan fingerprint density at radius 3 is 2.61 bits per heavy atom.